The molecule has 0 unspecified atom stereocenters. The van der Waals surface area contributed by atoms with E-state index in [2.05, 4.69) is 5.32 Å². The van der Waals surface area contributed by atoms with Gasteiger partial charge in [0.2, 0.25) is 0 Å². The van der Waals surface area contributed by atoms with Crippen molar-refractivity contribution in [3.05, 3.63) is 29.3 Å². The normalized spacial score (nSPS) is 11.9. The zero-order valence-corrected chi connectivity index (χ0v) is 13.1. The van der Waals surface area contributed by atoms with Crippen molar-refractivity contribution in [3.8, 4) is 5.75 Å². The monoisotopic (exact) mass is 313 g/mol. The van der Waals surface area contributed by atoms with Gasteiger partial charge < -0.3 is 14.8 Å². The van der Waals surface area contributed by atoms with Gasteiger partial charge in [-0.25, -0.2) is 4.79 Å². The first kappa shape index (κ1) is 17.3. The van der Waals surface area contributed by atoms with Crippen molar-refractivity contribution in [1.82, 2.24) is 5.32 Å². The summed E-state index contributed by atoms with van der Waals surface area (Å²) >= 11 is 5.80. The summed E-state index contributed by atoms with van der Waals surface area (Å²) in [5.41, 5.74) is 0. The zero-order valence-electron chi connectivity index (χ0n) is 12.4. The number of halogens is 1. The van der Waals surface area contributed by atoms with Crippen LogP contribution in [-0.2, 0) is 14.3 Å². The number of carbonyl (C=O) groups excluding carboxylic acids is 2. The molecule has 0 aliphatic carbocycles. The molecule has 6 heteroatoms. The molecule has 1 N–H and O–H groups in total. The molecular weight excluding hydrogens is 294 g/mol. The first-order valence-electron chi connectivity index (χ1n) is 6.74. The number of amides is 1. The molecule has 1 atom stereocenters. The molecule has 0 aliphatic rings. The standard InChI is InChI=1S/C15H20ClNO4/c1-10(2)8-17-15(19)11(3)21-14(18)9-20-13-6-4-5-12(16)7-13/h4-7,10-11H,8-9H2,1-3H3,(H,17,19)/t11-/m1/s1. The molecule has 0 radical (unpaired) electrons. The molecule has 0 aromatic heterocycles. The maximum Gasteiger partial charge on any atom is 0.344 e. The van der Waals surface area contributed by atoms with Crippen LogP contribution in [0, 0.1) is 5.92 Å². The molecule has 0 saturated heterocycles. The minimum absolute atomic E-state index is 0.276. The number of benzene rings is 1. The molecule has 0 aliphatic heterocycles. The van der Waals surface area contributed by atoms with Crippen molar-refractivity contribution in [1.29, 1.82) is 0 Å². The molecular formula is C15H20ClNO4. The molecule has 1 aromatic rings. The van der Waals surface area contributed by atoms with E-state index in [0.717, 1.165) is 0 Å². The number of carbonyl (C=O) groups is 2. The molecule has 1 amide bonds. The van der Waals surface area contributed by atoms with Gasteiger partial charge in [-0.15, -0.1) is 0 Å². The Morgan fingerprint density at radius 2 is 2.00 bits per heavy atom. The van der Waals surface area contributed by atoms with Crippen LogP contribution < -0.4 is 10.1 Å². The van der Waals surface area contributed by atoms with E-state index in [4.69, 9.17) is 21.1 Å². The third-order valence-corrected chi connectivity index (χ3v) is 2.75. The van der Waals surface area contributed by atoms with E-state index in [1.807, 2.05) is 13.8 Å². The molecule has 0 heterocycles. The highest BCUT2D eigenvalue weighted by molar-refractivity contribution is 6.30. The van der Waals surface area contributed by atoms with Gasteiger partial charge in [0.15, 0.2) is 12.7 Å². The molecule has 21 heavy (non-hydrogen) atoms. The summed E-state index contributed by atoms with van der Waals surface area (Å²) < 4.78 is 10.2. The van der Waals surface area contributed by atoms with Crippen LogP contribution in [0.1, 0.15) is 20.8 Å². The third-order valence-electron chi connectivity index (χ3n) is 2.51. The molecule has 1 aromatic carbocycles. The SMILES string of the molecule is CC(C)CNC(=O)[C@@H](C)OC(=O)COc1cccc(Cl)c1. The summed E-state index contributed by atoms with van der Waals surface area (Å²) in [7, 11) is 0. The van der Waals surface area contributed by atoms with Crippen molar-refractivity contribution in [3.63, 3.8) is 0 Å². The van der Waals surface area contributed by atoms with Crippen molar-refractivity contribution >= 4 is 23.5 Å². The van der Waals surface area contributed by atoms with E-state index in [0.29, 0.717) is 23.2 Å². The van der Waals surface area contributed by atoms with Gasteiger partial charge in [0, 0.05) is 11.6 Å². The fourth-order valence-corrected chi connectivity index (χ4v) is 1.61. The summed E-state index contributed by atoms with van der Waals surface area (Å²) in [6, 6.07) is 6.68. The van der Waals surface area contributed by atoms with Gasteiger partial charge >= 0.3 is 5.97 Å². The van der Waals surface area contributed by atoms with Crippen LogP contribution >= 0.6 is 11.6 Å². The minimum atomic E-state index is -0.848. The predicted octanol–water partition coefficient (Wildman–Crippen LogP) is 2.42. The lowest BCUT2D eigenvalue weighted by Gasteiger charge is -2.14. The zero-order chi connectivity index (χ0) is 15.8. The third kappa shape index (κ3) is 6.99. The van der Waals surface area contributed by atoms with Crippen LogP contribution in [0.5, 0.6) is 5.75 Å². The Morgan fingerprint density at radius 1 is 1.29 bits per heavy atom. The van der Waals surface area contributed by atoms with Crippen molar-refractivity contribution in [2.75, 3.05) is 13.2 Å². The fourth-order valence-electron chi connectivity index (χ4n) is 1.43. The summed E-state index contributed by atoms with van der Waals surface area (Å²) in [5.74, 6) is -0.124. The summed E-state index contributed by atoms with van der Waals surface area (Å²) in [5, 5.41) is 3.21. The van der Waals surface area contributed by atoms with Gasteiger partial charge in [0.1, 0.15) is 5.75 Å². The van der Waals surface area contributed by atoms with Crippen LogP contribution in [0.2, 0.25) is 5.02 Å². The van der Waals surface area contributed by atoms with E-state index in [1.54, 1.807) is 24.3 Å². The van der Waals surface area contributed by atoms with E-state index >= 15 is 0 Å². The Labute approximate surface area is 129 Å². The van der Waals surface area contributed by atoms with Crippen LogP contribution in [0.25, 0.3) is 0 Å². The van der Waals surface area contributed by atoms with E-state index in [-0.39, 0.29) is 12.5 Å². The van der Waals surface area contributed by atoms with Gasteiger partial charge in [0.25, 0.3) is 5.91 Å². The van der Waals surface area contributed by atoms with Crippen LogP contribution in [0.15, 0.2) is 24.3 Å². The molecule has 5 nitrogen and oxygen atoms in total. The van der Waals surface area contributed by atoms with Gasteiger partial charge in [-0.2, -0.15) is 0 Å². The van der Waals surface area contributed by atoms with Gasteiger partial charge in [0.05, 0.1) is 0 Å². The van der Waals surface area contributed by atoms with Crippen molar-refractivity contribution in [2.24, 2.45) is 5.92 Å². The molecule has 0 fully saturated rings. The van der Waals surface area contributed by atoms with E-state index in [9.17, 15) is 9.59 Å². The maximum atomic E-state index is 11.7. The molecule has 116 valence electrons. The highest BCUT2D eigenvalue weighted by atomic mass is 35.5. The highest BCUT2D eigenvalue weighted by Crippen LogP contribution is 2.16. The lowest BCUT2D eigenvalue weighted by Crippen LogP contribution is -2.38. The minimum Gasteiger partial charge on any atom is -0.482 e. The Balaban J connectivity index is 2.34. The average molecular weight is 314 g/mol. The fraction of sp³-hybridized carbons (Fsp3) is 0.467. The maximum absolute atomic E-state index is 11.7. The largest absolute Gasteiger partial charge is 0.482 e. The summed E-state index contributed by atoms with van der Waals surface area (Å²) in [6.45, 7) is 5.75. The van der Waals surface area contributed by atoms with Gasteiger partial charge in [-0.3, -0.25) is 4.79 Å². The average Bonchev–Trinajstić information content (AvgIpc) is 2.42. The van der Waals surface area contributed by atoms with Crippen LogP contribution in [0.3, 0.4) is 0 Å². The second-order valence-electron chi connectivity index (χ2n) is 5.02. The number of ether oxygens (including phenoxy) is 2. The van der Waals surface area contributed by atoms with Crippen molar-refractivity contribution < 1.29 is 19.1 Å². The summed E-state index contributed by atoms with van der Waals surface area (Å²) in [4.78, 5) is 23.2. The first-order valence-corrected chi connectivity index (χ1v) is 7.12. The molecule has 1 rings (SSSR count). The van der Waals surface area contributed by atoms with Crippen molar-refractivity contribution in [2.45, 2.75) is 26.9 Å². The van der Waals surface area contributed by atoms with E-state index < -0.39 is 12.1 Å². The smallest absolute Gasteiger partial charge is 0.344 e. The summed E-state index contributed by atoms with van der Waals surface area (Å²) in [6.07, 6.45) is -0.848. The Hall–Kier alpha value is -1.75. The lowest BCUT2D eigenvalue weighted by molar-refractivity contribution is -0.156. The number of hydrogen-bond acceptors (Lipinski definition) is 4. The Bertz CT molecular complexity index is 490. The van der Waals surface area contributed by atoms with Crippen LogP contribution in [-0.4, -0.2) is 31.1 Å². The number of rotatable bonds is 7. The highest BCUT2D eigenvalue weighted by Gasteiger charge is 2.18. The molecule has 0 saturated carbocycles. The molecule has 0 bridgehead atoms. The van der Waals surface area contributed by atoms with Crippen LogP contribution in [0.4, 0.5) is 0 Å². The second-order valence-corrected chi connectivity index (χ2v) is 5.45. The number of nitrogens with one attached hydrogen (secondary N) is 1. The lowest BCUT2D eigenvalue weighted by atomic mass is 10.2. The Morgan fingerprint density at radius 3 is 2.62 bits per heavy atom. The Kier molecular flexibility index (Phi) is 7.02. The number of hydrogen-bond donors (Lipinski definition) is 1. The molecule has 0 spiro atoms. The topological polar surface area (TPSA) is 64.6 Å². The predicted molar refractivity (Wildman–Crippen MR) is 80.3 cm³/mol. The van der Waals surface area contributed by atoms with Gasteiger partial charge in [-0.1, -0.05) is 31.5 Å². The quantitative estimate of drug-likeness (QED) is 0.785. The second kappa shape index (κ2) is 8.52. The first-order chi connectivity index (χ1) is 9.88. The van der Waals surface area contributed by atoms with E-state index in [1.165, 1.54) is 6.92 Å². The number of esters is 1. The van der Waals surface area contributed by atoms with Gasteiger partial charge in [-0.05, 0) is 31.0 Å².